The Morgan fingerprint density at radius 2 is 1.97 bits per heavy atom. The lowest BCUT2D eigenvalue weighted by molar-refractivity contribution is -0.138. The number of hydrogen-bond donors (Lipinski definition) is 2. The molecule has 2 atom stereocenters. The second-order valence-corrected chi connectivity index (χ2v) is 7.92. The van der Waals surface area contributed by atoms with E-state index in [9.17, 15) is 31.4 Å². The normalized spacial score (nSPS) is 19.7. The van der Waals surface area contributed by atoms with Crippen molar-refractivity contribution in [3.05, 3.63) is 41.8 Å². The van der Waals surface area contributed by atoms with Gasteiger partial charge in [0.15, 0.2) is 5.82 Å². The first-order valence-electron chi connectivity index (χ1n) is 10.4. The molecule has 0 aliphatic carbocycles. The fourth-order valence-electron chi connectivity index (χ4n) is 4.08. The second-order valence-electron chi connectivity index (χ2n) is 7.92. The Kier molecular flexibility index (Phi) is 6.58. The van der Waals surface area contributed by atoms with Crippen LogP contribution in [0.1, 0.15) is 18.9 Å². The van der Waals surface area contributed by atoms with E-state index in [0.717, 1.165) is 12.1 Å². The highest BCUT2D eigenvalue weighted by molar-refractivity contribution is 5.82. The SMILES string of the molecule is CCN1C[C@H](O)C[C@@H](Nc2nnc(-c3ccc(C(F)(F)F)cc3OC(F)F)c3c(F)ccn23)C1. The lowest BCUT2D eigenvalue weighted by Crippen LogP contribution is -2.48. The van der Waals surface area contributed by atoms with E-state index >= 15 is 0 Å². The quantitative estimate of drug-likeness (QED) is 0.510. The van der Waals surface area contributed by atoms with Crippen LogP contribution < -0.4 is 10.1 Å². The summed E-state index contributed by atoms with van der Waals surface area (Å²) >= 11 is 0. The maximum Gasteiger partial charge on any atom is 0.416 e. The second kappa shape index (κ2) is 9.29. The zero-order valence-corrected chi connectivity index (χ0v) is 17.9. The average molecular weight is 489 g/mol. The van der Waals surface area contributed by atoms with Crippen LogP contribution in [-0.4, -0.2) is 63.0 Å². The predicted octanol–water partition coefficient (Wildman–Crippen LogP) is 4.02. The summed E-state index contributed by atoms with van der Waals surface area (Å²) in [5, 5.41) is 21.2. The van der Waals surface area contributed by atoms with Gasteiger partial charge in [-0.25, -0.2) is 4.39 Å². The summed E-state index contributed by atoms with van der Waals surface area (Å²) in [4.78, 5) is 2.03. The van der Waals surface area contributed by atoms with Crippen molar-refractivity contribution in [3.8, 4) is 17.0 Å². The van der Waals surface area contributed by atoms with Crippen LogP contribution in [0.15, 0.2) is 30.5 Å². The molecule has 7 nitrogen and oxygen atoms in total. The van der Waals surface area contributed by atoms with E-state index < -0.39 is 36.0 Å². The maximum absolute atomic E-state index is 14.8. The van der Waals surface area contributed by atoms with Crippen LogP contribution in [0.2, 0.25) is 0 Å². The summed E-state index contributed by atoms with van der Waals surface area (Å²) in [5.41, 5.74) is -1.93. The van der Waals surface area contributed by atoms with E-state index in [1.165, 1.54) is 10.6 Å². The molecule has 1 aromatic carbocycles. The van der Waals surface area contributed by atoms with Crippen LogP contribution >= 0.6 is 0 Å². The highest BCUT2D eigenvalue weighted by atomic mass is 19.4. The molecule has 1 fully saturated rings. The fraction of sp³-hybridized carbons (Fsp3) is 0.429. The highest BCUT2D eigenvalue weighted by Crippen LogP contribution is 2.39. The minimum absolute atomic E-state index is 0.126. The van der Waals surface area contributed by atoms with Gasteiger partial charge in [-0.3, -0.25) is 9.30 Å². The number of ether oxygens (including phenoxy) is 1. The number of β-amino-alcohol motifs (C(OH)–C–C–N with tert-alkyl or cyclic N) is 1. The Balaban J connectivity index is 1.76. The Hall–Kier alpha value is -3.06. The molecule has 0 unspecified atom stereocenters. The van der Waals surface area contributed by atoms with Crippen LogP contribution in [0.4, 0.5) is 32.3 Å². The zero-order chi connectivity index (χ0) is 24.6. The van der Waals surface area contributed by atoms with E-state index in [4.69, 9.17) is 0 Å². The van der Waals surface area contributed by atoms with Crippen LogP contribution in [0.25, 0.3) is 16.8 Å². The van der Waals surface area contributed by atoms with Crippen LogP contribution in [0, 0.1) is 5.82 Å². The number of aliphatic hydroxyl groups is 1. The standard InChI is InChI=1S/C21H21F6N5O2/c1-2-31-9-12(8-13(33)10-31)28-20-30-29-17(18-15(22)5-6-32(18)20)14-4-3-11(21(25,26)27)7-16(14)34-19(23)24/h3-7,12-13,19,33H,2,8-10H2,1H3,(H,28,30)/t12-,13-/m1/s1. The van der Waals surface area contributed by atoms with Crippen molar-refractivity contribution in [2.75, 3.05) is 25.0 Å². The van der Waals surface area contributed by atoms with Gasteiger partial charge in [0.2, 0.25) is 5.95 Å². The van der Waals surface area contributed by atoms with Crippen LogP contribution in [-0.2, 0) is 6.18 Å². The third kappa shape index (κ3) is 4.89. The van der Waals surface area contributed by atoms with Gasteiger partial charge in [0.05, 0.1) is 11.7 Å². The number of likely N-dealkylation sites (tertiary alicyclic amines) is 1. The summed E-state index contributed by atoms with van der Waals surface area (Å²) in [5.74, 6) is -1.47. The van der Waals surface area contributed by atoms with Gasteiger partial charge in [0, 0.05) is 30.9 Å². The molecule has 0 radical (unpaired) electrons. The first-order valence-corrected chi connectivity index (χ1v) is 10.4. The minimum atomic E-state index is -4.80. The van der Waals surface area contributed by atoms with Crippen molar-refractivity contribution < 1.29 is 36.2 Å². The summed E-state index contributed by atoms with van der Waals surface area (Å²) in [6, 6.07) is 2.83. The maximum atomic E-state index is 14.8. The minimum Gasteiger partial charge on any atom is -0.434 e. The number of alkyl halides is 5. The summed E-state index contributed by atoms with van der Waals surface area (Å²) in [6.45, 7) is 0.366. The molecule has 2 aromatic heterocycles. The summed E-state index contributed by atoms with van der Waals surface area (Å²) in [7, 11) is 0. The van der Waals surface area contributed by atoms with Gasteiger partial charge in [-0.2, -0.15) is 22.0 Å². The lowest BCUT2D eigenvalue weighted by Gasteiger charge is -2.35. The van der Waals surface area contributed by atoms with Crippen molar-refractivity contribution in [2.24, 2.45) is 0 Å². The van der Waals surface area contributed by atoms with Crippen molar-refractivity contribution in [1.82, 2.24) is 19.5 Å². The molecule has 4 rings (SSSR count). The molecule has 34 heavy (non-hydrogen) atoms. The van der Waals surface area contributed by atoms with Crippen molar-refractivity contribution in [2.45, 2.75) is 38.3 Å². The van der Waals surface area contributed by atoms with Gasteiger partial charge in [-0.05, 0) is 37.2 Å². The first kappa shape index (κ1) is 24.1. The van der Waals surface area contributed by atoms with E-state index in [2.05, 4.69) is 20.3 Å². The van der Waals surface area contributed by atoms with E-state index in [-0.39, 0.29) is 28.8 Å². The highest BCUT2D eigenvalue weighted by Gasteiger charge is 2.33. The van der Waals surface area contributed by atoms with Crippen LogP contribution in [0.3, 0.4) is 0 Å². The van der Waals surface area contributed by atoms with Gasteiger partial charge in [-0.15, -0.1) is 10.2 Å². The number of likely N-dealkylation sites (N-methyl/N-ethyl adjacent to an activating group) is 1. The molecule has 2 N–H and O–H groups in total. The topological polar surface area (TPSA) is 74.9 Å². The molecule has 3 heterocycles. The molecule has 0 saturated carbocycles. The van der Waals surface area contributed by atoms with Gasteiger partial charge in [0.25, 0.3) is 0 Å². The Labute approximate surface area is 190 Å². The van der Waals surface area contributed by atoms with Gasteiger partial charge >= 0.3 is 12.8 Å². The number of nitrogens with one attached hydrogen (secondary N) is 1. The predicted molar refractivity (Wildman–Crippen MR) is 110 cm³/mol. The Bertz CT molecular complexity index is 1170. The van der Waals surface area contributed by atoms with Crippen molar-refractivity contribution in [3.63, 3.8) is 0 Å². The number of fused-ring (bicyclic) bond motifs is 1. The molecule has 3 aromatic rings. The molecule has 1 saturated heterocycles. The molecule has 0 amide bonds. The summed E-state index contributed by atoms with van der Waals surface area (Å²) in [6.07, 6.45) is -3.63. The smallest absolute Gasteiger partial charge is 0.416 e. The molecular weight excluding hydrogens is 468 g/mol. The number of benzene rings is 1. The van der Waals surface area contributed by atoms with E-state index in [1.807, 2.05) is 11.8 Å². The van der Waals surface area contributed by atoms with Gasteiger partial charge in [0.1, 0.15) is 17.0 Å². The van der Waals surface area contributed by atoms with Crippen LogP contribution in [0.5, 0.6) is 5.75 Å². The Morgan fingerprint density at radius 1 is 1.21 bits per heavy atom. The molecular formula is C21H21F6N5O2. The fourth-order valence-corrected chi connectivity index (χ4v) is 4.08. The number of nitrogens with zero attached hydrogens (tertiary/aromatic N) is 4. The number of rotatable bonds is 6. The lowest BCUT2D eigenvalue weighted by atomic mass is 10.0. The number of piperidine rings is 1. The van der Waals surface area contributed by atoms with Gasteiger partial charge in [-0.1, -0.05) is 6.92 Å². The monoisotopic (exact) mass is 489 g/mol. The molecule has 13 heteroatoms. The number of aromatic nitrogens is 3. The largest absolute Gasteiger partial charge is 0.434 e. The molecule has 1 aliphatic rings. The molecule has 184 valence electrons. The van der Waals surface area contributed by atoms with Crippen molar-refractivity contribution in [1.29, 1.82) is 0 Å². The Morgan fingerprint density at radius 3 is 2.65 bits per heavy atom. The molecule has 1 aliphatic heterocycles. The third-order valence-electron chi connectivity index (χ3n) is 5.60. The number of hydrogen-bond acceptors (Lipinski definition) is 6. The third-order valence-corrected chi connectivity index (χ3v) is 5.60. The van der Waals surface area contributed by atoms with Gasteiger partial charge < -0.3 is 15.2 Å². The summed E-state index contributed by atoms with van der Waals surface area (Å²) < 4.78 is 85.5. The number of anilines is 1. The number of halogens is 6. The zero-order valence-electron chi connectivity index (χ0n) is 17.9. The molecule has 0 bridgehead atoms. The average Bonchev–Trinajstić information content (AvgIpc) is 3.15. The first-order chi connectivity index (χ1) is 16.1. The number of aliphatic hydroxyl groups excluding tert-OH is 1. The molecule has 0 spiro atoms. The van der Waals surface area contributed by atoms with Crippen molar-refractivity contribution >= 4 is 11.5 Å². The van der Waals surface area contributed by atoms with E-state index in [0.29, 0.717) is 38.2 Å². The van der Waals surface area contributed by atoms with E-state index in [1.54, 1.807) is 0 Å².